The number of halogens is 2. The monoisotopic (exact) mass is 462 g/mol. The zero-order valence-corrected chi connectivity index (χ0v) is 14.2. The Bertz CT molecular complexity index is 120. The fourth-order valence-electron chi connectivity index (χ4n) is 1.11. The van der Waals surface area contributed by atoms with Crippen molar-refractivity contribution >= 4 is 60.8 Å². The first kappa shape index (κ1) is 16.1. The van der Waals surface area contributed by atoms with Crippen molar-refractivity contribution in [2.24, 2.45) is 0 Å². The minimum absolute atomic E-state index is 0.246. The van der Waals surface area contributed by atoms with Crippen LogP contribution >= 0.6 is 60.8 Å². The van der Waals surface area contributed by atoms with E-state index in [4.69, 9.17) is 8.37 Å². The van der Waals surface area contributed by atoms with Crippen LogP contribution in [0.3, 0.4) is 0 Å². The SMILES string of the molecule is CCCCCCC(COSI)OSI. The van der Waals surface area contributed by atoms with Gasteiger partial charge in [0.05, 0.1) is 31.1 Å². The molecular weight excluding hydrogens is 446 g/mol. The van der Waals surface area contributed by atoms with E-state index in [0.717, 1.165) is 6.42 Å². The largest absolute Gasteiger partial charge is 0.303 e. The van der Waals surface area contributed by atoms with Crippen LogP contribution in [0, 0.1) is 0 Å². The Kier molecular flexibility index (Phi) is 15.1. The molecule has 86 valence electrons. The predicted octanol–water partition coefficient (Wildman–Crippen LogP) is 5.36. The third-order valence-electron chi connectivity index (χ3n) is 1.85. The molecule has 0 saturated heterocycles. The molecule has 0 rings (SSSR count). The van der Waals surface area contributed by atoms with Crippen molar-refractivity contribution in [3.8, 4) is 0 Å². The zero-order chi connectivity index (χ0) is 10.6. The molecule has 0 aliphatic heterocycles. The first-order valence-electron chi connectivity index (χ1n) is 4.69. The molecule has 0 aromatic rings. The van der Waals surface area contributed by atoms with Gasteiger partial charge >= 0.3 is 0 Å². The van der Waals surface area contributed by atoms with Gasteiger partial charge in [0.2, 0.25) is 0 Å². The molecule has 0 fully saturated rings. The highest BCUT2D eigenvalue weighted by Gasteiger charge is 2.09. The predicted molar refractivity (Wildman–Crippen MR) is 82.8 cm³/mol. The number of unbranched alkanes of at least 4 members (excludes halogenated alkanes) is 3. The lowest BCUT2D eigenvalue weighted by molar-refractivity contribution is 0.158. The smallest absolute Gasteiger partial charge is 0.0978 e. The van der Waals surface area contributed by atoms with Crippen molar-refractivity contribution in [1.29, 1.82) is 0 Å². The summed E-state index contributed by atoms with van der Waals surface area (Å²) in [5.41, 5.74) is 0. The molecule has 6 heteroatoms. The van der Waals surface area contributed by atoms with Gasteiger partial charge in [-0.3, -0.25) is 4.18 Å². The molecule has 2 nitrogen and oxygen atoms in total. The minimum Gasteiger partial charge on any atom is -0.303 e. The van der Waals surface area contributed by atoms with Gasteiger partial charge in [0, 0.05) is 42.4 Å². The summed E-state index contributed by atoms with van der Waals surface area (Å²) < 4.78 is 10.8. The molecule has 0 radical (unpaired) electrons. The lowest BCUT2D eigenvalue weighted by atomic mass is 10.1. The van der Waals surface area contributed by atoms with Crippen LogP contribution in [0.5, 0.6) is 0 Å². The fourth-order valence-corrected chi connectivity index (χ4v) is 2.89. The molecular formula is C8H16I2O2S2. The fraction of sp³-hybridized carbons (Fsp3) is 1.00. The van der Waals surface area contributed by atoms with Crippen LogP contribution in [0.15, 0.2) is 0 Å². The molecule has 0 saturated carbocycles. The summed E-state index contributed by atoms with van der Waals surface area (Å²) in [6.07, 6.45) is 6.51. The lowest BCUT2D eigenvalue weighted by Gasteiger charge is -2.13. The van der Waals surface area contributed by atoms with Crippen LogP contribution in [-0.2, 0) is 8.37 Å². The summed E-state index contributed by atoms with van der Waals surface area (Å²) in [6, 6.07) is 0. The second kappa shape index (κ2) is 13.1. The quantitative estimate of drug-likeness (QED) is 0.247. The van der Waals surface area contributed by atoms with Gasteiger partial charge < -0.3 is 4.18 Å². The Morgan fingerprint density at radius 3 is 2.50 bits per heavy atom. The molecule has 14 heavy (non-hydrogen) atoms. The first-order chi connectivity index (χ1) is 6.85. The molecule has 0 aromatic heterocycles. The van der Waals surface area contributed by atoms with E-state index in [2.05, 4.69) is 49.3 Å². The molecule has 1 unspecified atom stereocenters. The van der Waals surface area contributed by atoms with Gasteiger partial charge in [-0.15, -0.1) is 0 Å². The Morgan fingerprint density at radius 2 is 1.93 bits per heavy atom. The van der Waals surface area contributed by atoms with Crippen LogP contribution in [-0.4, -0.2) is 12.7 Å². The molecule has 0 aliphatic rings. The van der Waals surface area contributed by atoms with E-state index in [9.17, 15) is 0 Å². The van der Waals surface area contributed by atoms with E-state index >= 15 is 0 Å². The number of hydrogen-bond acceptors (Lipinski definition) is 4. The van der Waals surface area contributed by atoms with Crippen molar-refractivity contribution in [2.75, 3.05) is 6.61 Å². The molecule has 0 heterocycles. The highest BCUT2D eigenvalue weighted by molar-refractivity contribution is 14.2. The van der Waals surface area contributed by atoms with E-state index in [0.29, 0.717) is 6.61 Å². The summed E-state index contributed by atoms with van der Waals surface area (Å²) in [7, 11) is 2.78. The maximum atomic E-state index is 5.49. The third kappa shape index (κ3) is 10.6. The number of hydrogen-bond donors (Lipinski definition) is 0. The van der Waals surface area contributed by atoms with Gasteiger partial charge in [0.1, 0.15) is 0 Å². The van der Waals surface area contributed by atoms with Gasteiger partial charge in [0.15, 0.2) is 0 Å². The summed E-state index contributed by atoms with van der Waals surface area (Å²) in [5.74, 6) is 0. The van der Waals surface area contributed by atoms with Crippen molar-refractivity contribution < 1.29 is 8.37 Å². The van der Waals surface area contributed by atoms with E-state index in [1.807, 2.05) is 0 Å². The van der Waals surface area contributed by atoms with E-state index < -0.39 is 0 Å². The van der Waals surface area contributed by atoms with Gasteiger partial charge in [-0.1, -0.05) is 32.6 Å². The second-order valence-electron chi connectivity index (χ2n) is 2.98. The third-order valence-corrected chi connectivity index (χ3v) is 3.81. The molecule has 0 amide bonds. The Morgan fingerprint density at radius 1 is 1.14 bits per heavy atom. The average molecular weight is 462 g/mol. The molecule has 0 N–H and O–H groups in total. The zero-order valence-electron chi connectivity index (χ0n) is 8.21. The summed E-state index contributed by atoms with van der Waals surface area (Å²) in [4.78, 5) is 0. The first-order valence-corrected chi connectivity index (χ1v) is 11.3. The Balaban J connectivity index is 3.40. The van der Waals surface area contributed by atoms with Gasteiger partial charge in [-0.25, -0.2) is 0 Å². The molecule has 0 spiro atoms. The Labute approximate surface area is 120 Å². The van der Waals surface area contributed by atoms with E-state index in [1.54, 1.807) is 0 Å². The van der Waals surface area contributed by atoms with E-state index in [-0.39, 0.29) is 6.10 Å². The van der Waals surface area contributed by atoms with Crippen molar-refractivity contribution in [3.05, 3.63) is 0 Å². The molecule has 0 aliphatic carbocycles. The average Bonchev–Trinajstić information content (AvgIpc) is 2.20. The van der Waals surface area contributed by atoms with Crippen LogP contribution in [0.4, 0.5) is 0 Å². The minimum atomic E-state index is 0.246. The van der Waals surface area contributed by atoms with Crippen molar-refractivity contribution in [1.82, 2.24) is 0 Å². The van der Waals surface area contributed by atoms with Crippen LogP contribution in [0.1, 0.15) is 39.0 Å². The number of rotatable bonds is 10. The standard InChI is InChI=1S/C8H16I2O2S2/c1-2-3-4-5-6-8(12-14-10)7-11-13-9/h8H,2-7H2,1H3. The highest BCUT2D eigenvalue weighted by Crippen LogP contribution is 2.22. The maximum Gasteiger partial charge on any atom is 0.0978 e. The van der Waals surface area contributed by atoms with Crippen molar-refractivity contribution in [3.63, 3.8) is 0 Å². The van der Waals surface area contributed by atoms with Crippen molar-refractivity contribution in [2.45, 2.75) is 45.1 Å². The van der Waals surface area contributed by atoms with Gasteiger partial charge in [-0.2, -0.15) is 0 Å². The van der Waals surface area contributed by atoms with Gasteiger partial charge in [-0.05, 0) is 6.42 Å². The molecule has 1 atom stereocenters. The van der Waals surface area contributed by atoms with Crippen LogP contribution in [0.2, 0.25) is 0 Å². The summed E-state index contributed by atoms with van der Waals surface area (Å²) in [5, 5.41) is 0. The highest BCUT2D eigenvalue weighted by atomic mass is 127. The Hall–Kier alpha value is 2.08. The van der Waals surface area contributed by atoms with Crippen LogP contribution < -0.4 is 0 Å². The topological polar surface area (TPSA) is 18.5 Å². The van der Waals surface area contributed by atoms with Gasteiger partial charge in [0.25, 0.3) is 0 Å². The normalized spacial score (nSPS) is 13.1. The second-order valence-corrected chi connectivity index (χ2v) is 5.82. The van der Waals surface area contributed by atoms with Crippen LogP contribution in [0.25, 0.3) is 0 Å². The lowest BCUT2D eigenvalue weighted by Crippen LogP contribution is -2.14. The summed E-state index contributed by atoms with van der Waals surface area (Å²) >= 11 is 4.28. The molecule has 0 bridgehead atoms. The van der Waals surface area contributed by atoms with E-state index in [1.165, 1.54) is 44.1 Å². The summed E-state index contributed by atoms with van der Waals surface area (Å²) in [6.45, 7) is 2.92. The maximum absolute atomic E-state index is 5.49. The molecule has 0 aromatic carbocycles.